The topological polar surface area (TPSA) is 363 Å². The van der Waals surface area contributed by atoms with E-state index < -0.39 is 89.5 Å². The van der Waals surface area contributed by atoms with E-state index in [0.717, 1.165) is 17.5 Å². The predicted octanol–water partition coefficient (Wildman–Crippen LogP) is -2.42. The van der Waals surface area contributed by atoms with Crippen LogP contribution in [-0.2, 0) is 33.8 Å². The van der Waals surface area contributed by atoms with Crippen LogP contribution in [0.2, 0.25) is 0 Å². The van der Waals surface area contributed by atoms with Crippen LogP contribution in [0, 0.1) is 13.8 Å². The molecule has 1 aromatic carbocycles. The van der Waals surface area contributed by atoms with Gasteiger partial charge in [0.05, 0.1) is 37.1 Å². The number of aromatic nitrogens is 8. The molecule has 0 saturated carbocycles. The number of nitrogens with one attached hydrogen (secondary N) is 1. The van der Waals surface area contributed by atoms with Crippen molar-refractivity contribution in [2.45, 2.75) is 63.2 Å². The Morgan fingerprint density at radius 2 is 1.68 bits per heavy atom. The van der Waals surface area contributed by atoms with Crippen LogP contribution in [0.3, 0.4) is 0 Å². The van der Waals surface area contributed by atoms with Crippen LogP contribution in [0.5, 0.6) is 0 Å². The fourth-order valence-corrected chi connectivity index (χ4v) is 7.65. The number of nitrogens with two attached hydrogens (primary N) is 1. The Morgan fingerprint density at radius 1 is 0.981 bits per heavy atom. The lowest BCUT2D eigenvalue weighted by molar-refractivity contribution is -0.0794. The van der Waals surface area contributed by atoms with Crippen molar-refractivity contribution in [1.82, 2.24) is 39.0 Å². The Bertz CT molecular complexity index is 2350. The van der Waals surface area contributed by atoms with Gasteiger partial charge in [-0.2, -0.15) is 9.29 Å². The maximum absolute atomic E-state index is 12.5. The van der Waals surface area contributed by atoms with Crippen LogP contribution >= 0.6 is 15.6 Å². The zero-order valence-electron chi connectivity index (χ0n) is 27.5. The Hall–Kier alpha value is -4.13. The van der Waals surface area contributed by atoms with Gasteiger partial charge < -0.3 is 50.4 Å². The van der Waals surface area contributed by atoms with Gasteiger partial charge in [0.15, 0.2) is 29.2 Å². The molecule has 2 aromatic heterocycles. The number of rotatable bonds is 13. The van der Waals surface area contributed by atoms with Crippen molar-refractivity contribution in [3.8, 4) is 11.5 Å². The number of H-pyrrole nitrogens is 1. The number of phosphoric ester groups is 2. The van der Waals surface area contributed by atoms with Gasteiger partial charge in [-0.1, -0.05) is 0 Å². The molecule has 0 radical (unpaired) electrons. The molecule has 1 fully saturated rings. The molecule has 0 aliphatic carbocycles. The first-order chi connectivity index (χ1) is 24.9. The Kier molecular flexibility index (Phi) is 10.6. The molecule has 5 heterocycles. The van der Waals surface area contributed by atoms with Gasteiger partial charge in [-0.3, -0.25) is 23.4 Å². The van der Waals surface area contributed by atoms with E-state index in [1.165, 1.54) is 15.5 Å². The van der Waals surface area contributed by atoms with Gasteiger partial charge in [-0.15, -0.1) is 0 Å². The van der Waals surface area contributed by atoms with Crippen molar-refractivity contribution in [3.05, 3.63) is 56.8 Å². The van der Waals surface area contributed by atoms with E-state index in [2.05, 4.69) is 33.8 Å². The molecule has 1 saturated heterocycles. The third-order valence-electron chi connectivity index (χ3n) is 8.40. The van der Waals surface area contributed by atoms with Crippen LogP contribution in [-0.4, -0.2) is 124 Å². The molecule has 9 atom stereocenters. The van der Waals surface area contributed by atoms with Crippen molar-refractivity contribution in [3.63, 3.8) is 0 Å². The second-order valence-corrected chi connectivity index (χ2v) is 15.1. The number of aromatic amines is 1. The minimum atomic E-state index is -5.54. The minimum absolute atomic E-state index is 0.0293. The third-order valence-corrected chi connectivity index (χ3v) is 11.0. The van der Waals surface area contributed by atoms with E-state index in [-0.39, 0.29) is 34.0 Å². The maximum atomic E-state index is 12.5. The Balaban J connectivity index is 1.07. The van der Waals surface area contributed by atoms with Gasteiger partial charge in [-0.05, 0) is 37.1 Å². The normalized spacial score (nSPS) is 23.3. The lowest BCUT2D eigenvalue weighted by Gasteiger charge is -2.26. The fraction of sp³-hybridized carbons (Fsp3) is 0.444. The molecule has 3 aliphatic rings. The number of fused-ring (bicyclic) bond motifs is 3. The molecule has 3 aromatic rings. The first kappa shape index (κ1) is 38.6. The van der Waals surface area contributed by atoms with Crippen LogP contribution < -0.4 is 17.0 Å². The minimum Gasteiger partial charge on any atom is -0.388 e. The molecule has 3 aliphatic heterocycles. The molecular formula is C27H33N9O15P2. The summed E-state index contributed by atoms with van der Waals surface area (Å²) in [5, 5.41) is 53.0. The first-order valence-corrected chi connectivity index (χ1v) is 18.4. The summed E-state index contributed by atoms with van der Waals surface area (Å²) in [4.78, 5) is 66.6. The molecule has 0 amide bonds. The van der Waals surface area contributed by atoms with Gasteiger partial charge >= 0.3 is 21.3 Å². The molecule has 0 spiro atoms. The molecular weight excluding hydrogens is 752 g/mol. The van der Waals surface area contributed by atoms with Gasteiger partial charge in [0.25, 0.3) is 5.56 Å². The molecule has 286 valence electrons. The number of aryl methyl sites for hydroxylation is 2. The third kappa shape index (κ3) is 7.91. The van der Waals surface area contributed by atoms with Crippen LogP contribution in [0.15, 0.2) is 34.4 Å². The maximum Gasteiger partial charge on any atom is 0.481 e. The highest BCUT2D eigenvalue weighted by Crippen LogP contribution is 2.60. The van der Waals surface area contributed by atoms with Gasteiger partial charge in [-0.25, -0.2) is 33.9 Å². The number of ether oxygens (including phenoxy) is 1. The molecule has 24 nitrogen and oxygen atoms in total. The summed E-state index contributed by atoms with van der Waals surface area (Å²) in [6.07, 6.45) is -9.93. The Morgan fingerprint density at radius 3 is 2.42 bits per heavy atom. The zero-order chi connectivity index (χ0) is 38.6. The number of aliphatic hydroxyl groups is 5. The summed E-state index contributed by atoms with van der Waals surface area (Å²) in [5.74, 6) is -0.212. The molecule has 53 heavy (non-hydrogen) atoms. The average Bonchev–Trinajstić information content (AvgIpc) is 3.63. The van der Waals surface area contributed by atoms with E-state index in [4.69, 9.17) is 15.0 Å². The second-order valence-electron chi connectivity index (χ2n) is 12.1. The number of benzene rings is 1. The SMILES string of the molecule is Cc1cc2nc3c(=O)[nH]c(=O)nc-3n(C[C@@H](O)[C@@H](O)[C@H](O)COP(=O)(O)OP(=O)(O)OCC3O[C@@H](n4cnc5c(N)ncnc54)[C@H](O)[C@@H]3O)c2cc1C. The van der Waals surface area contributed by atoms with Crippen molar-refractivity contribution in [1.29, 1.82) is 0 Å². The van der Waals surface area contributed by atoms with E-state index >= 15 is 0 Å². The Labute approximate surface area is 295 Å². The monoisotopic (exact) mass is 785 g/mol. The van der Waals surface area contributed by atoms with Crippen molar-refractivity contribution in [2.24, 2.45) is 0 Å². The highest BCUT2D eigenvalue weighted by atomic mass is 31.3. The smallest absolute Gasteiger partial charge is 0.388 e. The van der Waals surface area contributed by atoms with E-state index in [0.29, 0.717) is 5.52 Å². The standard InChI is InChI=1S/C27H33N9O15P2/c1-10-3-12-13(4-11(10)2)35(24-18(32-12)25(42)34-27(43)33-24)5-14(37)19(39)15(38)6-48-52(44,45)51-53(46,47)49-7-16-20(40)21(41)26(50-16)36-9-31-17-22(28)29-8-30-23(17)36/h3-4,8-9,14-16,19-21,26,37-41H,5-7H2,1-2H3,(H,44,45)(H,46,47)(H2,28,29,30)(H,34,42,43)/t14-,15-,16?,19-,20-,21-,26-/m1/s1. The summed E-state index contributed by atoms with van der Waals surface area (Å²) in [7, 11) is -11.0. The quantitative estimate of drug-likeness (QED) is 0.0443. The number of nitrogen functional groups attached to an aromatic ring is 1. The van der Waals surface area contributed by atoms with Crippen LogP contribution in [0.4, 0.5) is 5.82 Å². The van der Waals surface area contributed by atoms with E-state index in [9.17, 15) is 54.0 Å². The first-order valence-electron chi connectivity index (χ1n) is 15.4. The molecule has 3 unspecified atom stereocenters. The number of aliphatic hydroxyl groups excluding tert-OH is 5. The number of hydrogen-bond acceptors (Lipinski definition) is 19. The largest absolute Gasteiger partial charge is 0.481 e. The summed E-state index contributed by atoms with van der Waals surface area (Å²) in [5.41, 5.74) is 6.11. The van der Waals surface area contributed by atoms with Gasteiger partial charge in [0.1, 0.15) is 48.5 Å². The summed E-state index contributed by atoms with van der Waals surface area (Å²) >= 11 is 0. The van der Waals surface area contributed by atoms with Crippen molar-refractivity contribution < 1.29 is 62.5 Å². The van der Waals surface area contributed by atoms with Crippen LogP contribution in [0.1, 0.15) is 17.4 Å². The molecule has 6 rings (SSSR count). The predicted molar refractivity (Wildman–Crippen MR) is 177 cm³/mol. The second kappa shape index (κ2) is 14.6. The van der Waals surface area contributed by atoms with E-state index in [1.807, 2.05) is 4.98 Å². The number of anilines is 1. The fourth-order valence-electron chi connectivity index (χ4n) is 5.55. The summed E-state index contributed by atoms with van der Waals surface area (Å²) in [6.45, 7) is 0.795. The van der Waals surface area contributed by atoms with Crippen molar-refractivity contribution >= 4 is 43.7 Å². The number of nitrogens with zero attached hydrogens (tertiary/aromatic N) is 7. The zero-order valence-corrected chi connectivity index (χ0v) is 29.3. The van der Waals surface area contributed by atoms with Crippen LogP contribution in [0.25, 0.3) is 33.7 Å². The van der Waals surface area contributed by atoms with Crippen molar-refractivity contribution in [2.75, 3.05) is 18.9 Å². The lowest BCUT2D eigenvalue weighted by atomic mass is 10.1. The number of phosphoric acid groups is 2. The molecule has 0 bridgehead atoms. The molecule has 10 N–H and O–H groups in total. The molecule has 26 heteroatoms. The average molecular weight is 786 g/mol. The highest BCUT2D eigenvalue weighted by molar-refractivity contribution is 7.61. The van der Waals surface area contributed by atoms with Gasteiger partial charge in [0.2, 0.25) is 0 Å². The highest BCUT2D eigenvalue weighted by Gasteiger charge is 2.46. The van der Waals surface area contributed by atoms with E-state index in [1.54, 1.807) is 26.0 Å². The number of hydrogen-bond donors (Lipinski definition) is 9. The summed E-state index contributed by atoms with van der Waals surface area (Å²) < 4.78 is 46.6. The van der Waals surface area contributed by atoms with Gasteiger partial charge in [0, 0.05) is 0 Å². The summed E-state index contributed by atoms with van der Waals surface area (Å²) in [6, 6.07) is 3.29. The number of imidazole rings is 1. The lowest BCUT2D eigenvalue weighted by Crippen LogP contribution is -2.42.